The van der Waals surface area contributed by atoms with Gasteiger partial charge in [-0.05, 0) is 62.6 Å². The summed E-state index contributed by atoms with van der Waals surface area (Å²) in [7, 11) is 1.62. The first kappa shape index (κ1) is 22.8. The third kappa shape index (κ3) is 3.65. The number of carbonyl (C=O) groups excluding carboxylic acids is 2. The Kier molecular flexibility index (Phi) is 5.80. The Morgan fingerprint density at radius 1 is 1.15 bits per heavy atom. The van der Waals surface area contributed by atoms with Crippen LogP contribution in [0.1, 0.15) is 55.1 Å². The van der Waals surface area contributed by atoms with Crippen molar-refractivity contribution >= 4 is 40.0 Å². The summed E-state index contributed by atoms with van der Waals surface area (Å²) < 4.78 is 7.38. The number of nitrogens with one attached hydrogen (secondary N) is 1. The molecule has 3 aromatic rings. The Hall–Kier alpha value is -2.99. The fourth-order valence-electron chi connectivity index (χ4n) is 5.40. The summed E-state index contributed by atoms with van der Waals surface area (Å²) in [6.45, 7) is 4.08. The number of hydrogen-bond donors (Lipinski definition) is 1. The lowest BCUT2D eigenvalue weighted by molar-refractivity contribution is -0.127. The van der Waals surface area contributed by atoms with Gasteiger partial charge in [0.2, 0.25) is 5.91 Å². The van der Waals surface area contributed by atoms with Crippen molar-refractivity contribution in [3.05, 3.63) is 58.7 Å². The van der Waals surface area contributed by atoms with Gasteiger partial charge in [-0.2, -0.15) is 0 Å². The number of methoxy groups -OCH3 is 1. The standard InChI is InChI=1S/C27H30ClN3O3/c1-17-21(28)10-7-11-22(17)31-25(32)24-14-18-12-13-20(34-3)15-23(18)30(24)16-27(31,2)26(33)29-19-8-5-4-6-9-19/h7,10-15,19H,4-6,8-9,16H2,1-3H3,(H,29,33)/t27-/m1/s1. The van der Waals surface area contributed by atoms with Gasteiger partial charge >= 0.3 is 0 Å². The molecule has 2 amide bonds. The van der Waals surface area contributed by atoms with Crippen molar-refractivity contribution in [2.75, 3.05) is 12.0 Å². The van der Waals surface area contributed by atoms with E-state index in [1.165, 1.54) is 6.42 Å². The van der Waals surface area contributed by atoms with Crippen LogP contribution in [0.3, 0.4) is 0 Å². The number of carbonyl (C=O) groups is 2. The number of anilines is 1. The van der Waals surface area contributed by atoms with Crippen LogP contribution in [0.2, 0.25) is 5.02 Å². The molecule has 1 N–H and O–H groups in total. The van der Waals surface area contributed by atoms with Gasteiger partial charge in [0.1, 0.15) is 17.0 Å². The fourth-order valence-corrected chi connectivity index (χ4v) is 5.57. The van der Waals surface area contributed by atoms with Crippen molar-refractivity contribution < 1.29 is 14.3 Å². The molecule has 1 fully saturated rings. The zero-order valence-corrected chi connectivity index (χ0v) is 20.6. The minimum atomic E-state index is -1.13. The van der Waals surface area contributed by atoms with Crippen LogP contribution in [-0.2, 0) is 11.3 Å². The van der Waals surface area contributed by atoms with E-state index in [1.807, 2.05) is 54.8 Å². The highest BCUT2D eigenvalue weighted by molar-refractivity contribution is 6.32. The van der Waals surface area contributed by atoms with Crippen molar-refractivity contribution in [3.63, 3.8) is 0 Å². The average Bonchev–Trinajstić information content (AvgIpc) is 3.20. The quantitative estimate of drug-likeness (QED) is 0.539. The van der Waals surface area contributed by atoms with Crippen molar-refractivity contribution in [2.45, 2.75) is 64.1 Å². The number of fused-ring (bicyclic) bond motifs is 3. The molecule has 0 unspecified atom stereocenters. The third-order valence-corrected chi connectivity index (χ3v) is 7.81. The number of benzene rings is 2. The summed E-state index contributed by atoms with van der Waals surface area (Å²) in [6.07, 6.45) is 5.38. The zero-order valence-electron chi connectivity index (χ0n) is 19.9. The Labute approximate surface area is 204 Å². The highest BCUT2D eigenvalue weighted by Gasteiger charge is 2.49. The molecular formula is C27H30ClN3O3. The SMILES string of the molecule is COc1ccc2cc3n(c2c1)C[C@](C)(C(=O)NC1CCCCC1)N(c1cccc(Cl)c1C)C3=O. The van der Waals surface area contributed by atoms with Crippen molar-refractivity contribution in [1.82, 2.24) is 9.88 Å². The van der Waals surface area contributed by atoms with Gasteiger partial charge in [0, 0.05) is 28.2 Å². The molecule has 7 heteroatoms. The van der Waals surface area contributed by atoms with Crippen LogP contribution in [0.25, 0.3) is 10.9 Å². The van der Waals surface area contributed by atoms with E-state index in [2.05, 4.69) is 5.32 Å². The first-order valence-corrected chi connectivity index (χ1v) is 12.3. The van der Waals surface area contributed by atoms with Crippen molar-refractivity contribution in [2.24, 2.45) is 0 Å². The summed E-state index contributed by atoms with van der Waals surface area (Å²) >= 11 is 6.45. The van der Waals surface area contributed by atoms with E-state index >= 15 is 0 Å². The molecule has 1 saturated carbocycles. The van der Waals surface area contributed by atoms with Gasteiger partial charge in [-0.15, -0.1) is 0 Å². The van der Waals surface area contributed by atoms with Gasteiger partial charge in [-0.1, -0.05) is 36.9 Å². The van der Waals surface area contributed by atoms with Crippen LogP contribution in [0.4, 0.5) is 5.69 Å². The van der Waals surface area contributed by atoms with Crippen molar-refractivity contribution in [3.8, 4) is 5.75 Å². The molecular weight excluding hydrogens is 450 g/mol. The molecule has 2 aromatic carbocycles. The zero-order chi connectivity index (χ0) is 24.0. The number of rotatable bonds is 4. The smallest absolute Gasteiger partial charge is 0.275 e. The van der Waals surface area contributed by atoms with Gasteiger partial charge in [-0.25, -0.2) is 0 Å². The van der Waals surface area contributed by atoms with E-state index in [4.69, 9.17) is 16.3 Å². The monoisotopic (exact) mass is 479 g/mol. The average molecular weight is 480 g/mol. The van der Waals surface area contributed by atoms with E-state index in [1.54, 1.807) is 18.1 Å². The lowest BCUT2D eigenvalue weighted by Crippen LogP contribution is -2.65. The second kappa shape index (κ2) is 8.66. The van der Waals surface area contributed by atoms with Gasteiger partial charge < -0.3 is 14.6 Å². The molecule has 178 valence electrons. The molecule has 1 atom stereocenters. The number of halogens is 1. The maximum atomic E-state index is 14.1. The van der Waals surface area contributed by atoms with Gasteiger partial charge in [0.15, 0.2) is 0 Å². The molecule has 2 aliphatic rings. The largest absolute Gasteiger partial charge is 0.497 e. The second-order valence-corrected chi connectivity index (χ2v) is 10.1. The minimum absolute atomic E-state index is 0.137. The molecule has 0 bridgehead atoms. The van der Waals surface area contributed by atoms with Crippen LogP contribution >= 0.6 is 11.6 Å². The van der Waals surface area contributed by atoms with Crippen LogP contribution < -0.4 is 15.0 Å². The van der Waals surface area contributed by atoms with Crippen LogP contribution in [0.5, 0.6) is 5.75 Å². The molecule has 1 aliphatic heterocycles. The summed E-state index contributed by atoms with van der Waals surface area (Å²) in [5, 5.41) is 4.77. The lowest BCUT2D eigenvalue weighted by Gasteiger charge is -2.45. The minimum Gasteiger partial charge on any atom is -0.497 e. The predicted molar refractivity (Wildman–Crippen MR) is 135 cm³/mol. The van der Waals surface area contributed by atoms with Crippen LogP contribution in [-0.4, -0.2) is 35.1 Å². The molecule has 0 spiro atoms. The highest BCUT2D eigenvalue weighted by Crippen LogP contribution is 2.39. The first-order chi connectivity index (χ1) is 16.3. The highest BCUT2D eigenvalue weighted by atomic mass is 35.5. The van der Waals surface area contributed by atoms with Crippen LogP contribution in [0.15, 0.2) is 42.5 Å². The van der Waals surface area contributed by atoms with Gasteiger partial charge in [0.25, 0.3) is 5.91 Å². The Balaban J connectivity index is 1.66. The molecule has 1 aliphatic carbocycles. The molecule has 1 aromatic heterocycles. The number of ether oxygens (including phenoxy) is 1. The van der Waals surface area contributed by atoms with E-state index in [0.717, 1.165) is 42.1 Å². The number of amides is 2. The topological polar surface area (TPSA) is 63.6 Å². The summed E-state index contributed by atoms with van der Waals surface area (Å²) in [4.78, 5) is 29.6. The van der Waals surface area contributed by atoms with Gasteiger partial charge in [0.05, 0.1) is 19.2 Å². The summed E-state index contributed by atoms with van der Waals surface area (Å²) in [6, 6.07) is 13.3. The Morgan fingerprint density at radius 2 is 1.91 bits per heavy atom. The molecule has 0 saturated heterocycles. The molecule has 34 heavy (non-hydrogen) atoms. The van der Waals surface area contributed by atoms with E-state index in [9.17, 15) is 9.59 Å². The number of hydrogen-bond acceptors (Lipinski definition) is 3. The maximum absolute atomic E-state index is 14.1. The summed E-state index contributed by atoms with van der Waals surface area (Å²) in [5.41, 5.74) is 1.73. The third-order valence-electron chi connectivity index (χ3n) is 7.40. The van der Waals surface area contributed by atoms with E-state index < -0.39 is 5.54 Å². The number of aromatic nitrogens is 1. The van der Waals surface area contributed by atoms with Gasteiger partial charge in [-0.3, -0.25) is 14.5 Å². The van der Waals surface area contributed by atoms with E-state index in [0.29, 0.717) is 28.7 Å². The fraction of sp³-hybridized carbons (Fsp3) is 0.407. The molecule has 2 heterocycles. The molecule has 6 nitrogen and oxygen atoms in total. The van der Waals surface area contributed by atoms with Crippen molar-refractivity contribution in [1.29, 1.82) is 0 Å². The predicted octanol–water partition coefficient (Wildman–Crippen LogP) is 5.48. The Bertz CT molecular complexity index is 1280. The normalized spacial score (nSPS) is 20.9. The molecule has 5 rings (SSSR count). The second-order valence-electron chi connectivity index (χ2n) is 9.65. The lowest BCUT2D eigenvalue weighted by atomic mass is 9.90. The number of nitrogens with zero attached hydrogens (tertiary/aromatic N) is 2. The molecule has 0 radical (unpaired) electrons. The maximum Gasteiger partial charge on any atom is 0.275 e. The van der Waals surface area contributed by atoms with Crippen LogP contribution in [0, 0.1) is 6.92 Å². The summed E-state index contributed by atoms with van der Waals surface area (Å²) in [5.74, 6) is 0.359. The van der Waals surface area contributed by atoms with E-state index in [-0.39, 0.29) is 17.9 Å². The Morgan fingerprint density at radius 3 is 2.65 bits per heavy atom. The first-order valence-electron chi connectivity index (χ1n) is 11.9.